The molecule has 0 spiro atoms. The number of nitrogens with one attached hydrogen (secondary N) is 1. The summed E-state index contributed by atoms with van der Waals surface area (Å²) in [7, 11) is 0. The fraction of sp³-hybridized carbons (Fsp3) is 0.211. The number of ether oxygens (including phenoxy) is 3. The van der Waals surface area contributed by atoms with Crippen LogP contribution in [0, 0.1) is 11.3 Å². The number of carbonyl (C=O) groups is 2. The van der Waals surface area contributed by atoms with Gasteiger partial charge in [0.05, 0.1) is 6.26 Å². The minimum atomic E-state index is -1.11. The highest BCUT2D eigenvalue weighted by Crippen LogP contribution is 2.32. The molecule has 0 saturated heterocycles. The summed E-state index contributed by atoms with van der Waals surface area (Å²) < 4.78 is 21.0. The van der Waals surface area contributed by atoms with Crippen LogP contribution in [-0.2, 0) is 14.3 Å². The smallest absolute Gasteiger partial charge is 0.349 e. The Morgan fingerprint density at radius 2 is 2.04 bits per heavy atom. The first kappa shape index (κ1) is 18.1. The number of hydrogen-bond donors (Lipinski definition) is 1. The molecule has 2 heterocycles. The molecule has 1 aromatic carbocycles. The lowest BCUT2D eigenvalue weighted by molar-refractivity contribution is -0.148. The van der Waals surface area contributed by atoms with Crippen LogP contribution in [0.1, 0.15) is 12.7 Å². The van der Waals surface area contributed by atoms with E-state index in [0.29, 0.717) is 36.2 Å². The number of amides is 1. The Balaban J connectivity index is 1.62. The summed E-state index contributed by atoms with van der Waals surface area (Å²) in [6, 6.07) is 9.89. The van der Waals surface area contributed by atoms with Crippen molar-refractivity contribution < 1.29 is 28.2 Å². The molecule has 1 aliphatic rings. The molecule has 27 heavy (non-hydrogen) atoms. The summed E-state index contributed by atoms with van der Waals surface area (Å²) in [5.74, 6) is -0.0109. The van der Waals surface area contributed by atoms with Gasteiger partial charge in [-0.2, -0.15) is 5.26 Å². The Kier molecular flexibility index (Phi) is 5.42. The van der Waals surface area contributed by atoms with Gasteiger partial charge in [0.1, 0.15) is 30.6 Å². The van der Waals surface area contributed by atoms with E-state index in [1.54, 1.807) is 36.4 Å². The molecule has 3 rings (SSSR count). The van der Waals surface area contributed by atoms with Gasteiger partial charge in [-0.15, -0.1) is 0 Å². The van der Waals surface area contributed by atoms with Crippen molar-refractivity contribution in [1.29, 1.82) is 5.26 Å². The summed E-state index contributed by atoms with van der Waals surface area (Å²) in [5.41, 5.74) is 0.197. The molecular formula is C19H16N2O6. The predicted octanol–water partition coefficient (Wildman–Crippen LogP) is 2.53. The zero-order valence-corrected chi connectivity index (χ0v) is 14.4. The standard InChI is InChI=1S/C19H16N2O6/c1-12(27-19(23)13(11-20)9-15-3-2-6-24-15)18(22)21-14-4-5-16-17(10-14)26-8-7-25-16/h2-6,9-10,12H,7-8H2,1H3,(H,21,22)/b13-9+/t12-/m0/s1. The molecule has 0 saturated carbocycles. The topological polar surface area (TPSA) is 111 Å². The minimum absolute atomic E-state index is 0.274. The van der Waals surface area contributed by atoms with Crippen LogP contribution in [0.3, 0.4) is 0 Å². The average molecular weight is 368 g/mol. The highest BCUT2D eigenvalue weighted by Gasteiger charge is 2.21. The summed E-state index contributed by atoms with van der Waals surface area (Å²) in [4.78, 5) is 24.4. The number of carbonyl (C=O) groups excluding carboxylic acids is 2. The fourth-order valence-electron chi connectivity index (χ4n) is 2.30. The van der Waals surface area contributed by atoms with Crippen LogP contribution in [0.15, 0.2) is 46.6 Å². The van der Waals surface area contributed by atoms with E-state index in [1.807, 2.05) is 0 Å². The highest BCUT2D eigenvalue weighted by molar-refractivity contribution is 6.00. The molecule has 0 radical (unpaired) electrons. The van der Waals surface area contributed by atoms with E-state index in [1.165, 1.54) is 19.3 Å². The second-order valence-corrected chi connectivity index (χ2v) is 5.58. The van der Waals surface area contributed by atoms with E-state index < -0.39 is 18.0 Å². The number of rotatable bonds is 5. The maximum Gasteiger partial charge on any atom is 0.349 e. The Hall–Kier alpha value is -3.73. The highest BCUT2D eigenvalue weighted by atomic mass is 16.6. The molecule has 0 fully saturated rings. The first-order valence-electron chi connectivity index (χ1n) is 8.13. The maximum atomic E-state index is 12.3. The van der Waals surface area contributed by atoms with Gasteiger partial charge >= 0.3 is 5.97 Å². The maximum absolute atomic E-state index is 12.3. The average Bonchev–Trinajstić information content (AvgIpc) is 3.19. The second kappa shape index (κ2) is 8.10. The van der Waals surface area contributed by atoms with Crippen LogP contribution in [0.4, 0.5) is 5.69 Å². The van der Waals surface area contributed by atoms with Crippen molar-refractivity contribution in [2.45, 2.75) is 13.0 Å². The molecule has 0 aliphatic carbocycles. The van der Waals surface area contributed by atoms with E-state index in [9.17, 15) is 9.59 Å². The molecule has 1 atom stereocenters. The summed E-state index contributed by atoms with van der Waals surface area (Å²) in [5, 5.41) is 11.7. The van der Waals surface area contributed by atoms with Gasteiger partial charge in [-0.25, -0.2) is 4.79 Å². The van der Waals surface area contributed by atoms with Crippen LogP contribution in [-0.4, -0.2) is 31.2 Å². The lowest BCUT2D eigenvalue weighted by Crippen LogP contribution is -2.30. The molecule has 1 aliphatic heterocycles. The number of nitriles is 1. The molecule has 0 bridgehead atoms. The van der Waals surface area contributed by atoms with Gasteiger partial charge in [-0.3, -0.25) is 4.79 Å². The molecule has 1 aromatic heterocycles. The molecular weight excluding hydrogens is 352 g/mol. The molecule has 1 amide bonds. The minimum Gasteiger partial charge on any atom is -0.486 e. The van der Waals surface area contributed by atoms with Gasteiger partial charge in [-0.1, -0.05) is 0 Å². The predicted molar refractivity (Wildman–Crippen MR) is 93.9 cm³/mol. The zero-order valence-electron chi connectivity index (χ0n) is 14.4. The van der Waals surface area contributed by atoms with Crippen molar-refractivity contribution in [2.24, 2.45) is 0 Å². The van der Waals surface area contributed by atoms with Crippen LogP contribution in [0.5, 0.6) is 11.5 Å². The molecule has 8 heteroatoms. The lowest BCUT2D eigenvalue weighted by Gasteiger charge is -2.19. The number of benzene rings is 1. The number of anilines is 1. The SMILES string of the molecule is C[C@H](OC(=O)/C(C#N)=C/c1ccco1)C(=O)Nc1ccc2c(c1)OCCO2. The molecule has 1 N–H and O–H groups in total. The van der Waals surface area contributed by atoms with E-state index in [0.717, 1.165) is 0 Å². The number of furan rings is 1. The Morgan fingerprint density at radius 1 is 1.26 bits per heavy atom. The third-order valence-corrected chi connectivity index (χ3v) is 3.63. The quantitative estimate of drug-likeness (QED) is 0.490. The zero-order chi connectivity index (χ0) is 19.2. The van der Waals surface area contributed by atoms with Crippen molar-refractivity contribution >= 4 is 23.6 Å². The van der Waals surface area contributed by atoms with Gasteiger partial charge in [0, 0.05) is 17.8 Å². The van der Waals surface area contributed by atoms with Gasteiger partial charge in [0.15, 0.2) is 17.6 Å². The van der Waals surface area contributed by atoms with E-state index in [2.05, 4.69) is 5.32 Å². The summed E-state index contributed by atoms with van der Waals surface area (Å²) in [6.45, 7) is 2.31. The molecule has 8 nitrogen and oxygen atoms in total. The monoisotopic (exact) mass is 368 g/mol. The van der Waals surface area contributed by atoms with Gasteiger partial charge in [0.2, 0.25) is 0 Å². The van der Waals surface area contributed by atoms with E-state index >= 15 is 0 Å². The lowest BCUT2D eigenvalue weighted by atomic mass is 10.2. The Bertz CT molecular complexity index is 911. The fourth-order valence-corrected chi connectivity index (χ4v) is 2.30. The van der Waals surface area contributed by atoms with Crippen molar-refractivity contribution in [2.75, 3.05) is 18.5 Å². The van der Waals surface area contributed by atoms with Crippen LogP contribution >= 0.6 is 0 Å². The van der Waals surface area contributed by atoms with Crippen molar-refractivity contribution in [3.63, 3.8) is 0 Å². The van der Waals surface area contributed by atoms with E-state index in [-0.39, 0.29) is 5.57 Å². The van der Waals surface area contributed by atoms with Gasteiger partial charge in [-0.05, 0) is 31.2 Å². The van der Waals surface area contributed by atoms with Gasteiger partial charge in [0.25, 0.3) is 5.91 Å². The third-order valence-electron chi connectivity index (χ3n) is 3.63. The van der Waals surface area contributed by atoms with Gasteiger partial charge < -0.3 is 23.9 Å². The van der Waals surface area contributed by atoms with Crippen molar-refractivity contribution in [1.82, 2.24) is 0 Å². The first-order valence-corrected chi connectivity index (χ1v) is 8.13. The van der Waals surface area contributed by atoms with Crippen LogP contribution in [0.25, 0.3) is 6.08 Å². The summed E-state index contributed by atoms with van der Waals surface area (Å²) in [6.07, 6.45) is 1.54. The first-order chi connectivity index (χ1) is 13.1. The number of hydrogen-bond acceptors (Lipinski definition) is 7. The third kappa shape index (κ3) is 4.46. The van der Waals surface area contributed by atoms with Crippen LogP contribution in [0.2, 0.25) is 0 Å². The van der Waals surface area contributed by atoms with Crippen molar-refractivity contribution in [3.8, 4) is 17.6 Å². The second-order valence-electron chi connectivity index (χ2n) is 5.58. The summed E-state index contributed by atoms with van der Waals surface area (Å²) >= 11 is 0. The van der Waals surface area contributed by atoms with Crippen LogP contribution < -0.4 is 14.8 Å². The molecule has 2 aromatic rings. The number of esters is 1. The van der Waals surface area contributed by atoms with E-state index in [4.69, 9.17) is 23.9 Å². The van der Waals surface area contributed by atoms with Crippen molar-refractivity contribution in [3.05, 3.63) is 47.9 Å². The number of fused-ring (bicyclic) bond motifs is 1. The normalized spacial score (nSPS) is 14.0. The Morgan fingerprint density at radius 3 is 2.74 bits per heavy atom. The Labute approximate surface area is 154 Å². The number of nitrogens with zero attached hydrogens (tertiary/aromatic N) is 1. The molecule has 138 valence electrons. The molecule has 0 unspecified atom stereocenters. The largest absolute Gasteiger partial charge is 0.486 e.